The fourth-order valence-corrected chi connectivity index (χ4v) is 2.68. The van der Waals surface area contributed by atoms with Crippen molar-refractivity contribution >= 4 is 25.8 Å². The van der Waals surface area contributed by atoms with Crippen LogP contribution in [0.15, 0.2) is 4.79 Å². The molecule has 20 heavy (non-hydrogen) atoms. The average molecular weight is 302 g/mol. The number of nitrogens with two attached hydrogens (primary N) is 1. The normalized spacial score (nSPS) is 15.8. The third-order valence-corrected chi connectivity index (χ3v) is 3.50. The second-order valence-corrected chi connectivity index (χ2v) is 5.88. The van der Waals surface area contributed by atoms with Gasteiger partial charge in [0, 0.05) is 19.6 Å². The van der Waals surface area contributed by atoms with E-state index in [4.69, 9.17) is 15.5 Å². The van der Waals surface area contributed by atoms with Crippen LogP contribution < -0.4 is 26.4 Å². The predicted molar refractivity (Wildman–Crippen MR) is 78.7 cm³/mol. The molecule has 6 N–H and O–H groups in total. The number of nitrogen functional groups attached to an aromatic ring is 1. The summed E-state index contributed by atoms with van der Waals surface area (Å²) in [5.74, 6) is 0.640. The Kier molecular flexibility index (Phi) is 4.44. The molecule has 1 atom stereocenters. The maximum absolute atomic E-state index is 11.9. The molecule has 0 aromatic carbocycles. The summed E-state index contributed by atoms with van der Waals surface area (Å²) in [6.45, 7) is 3.04. The highest BCUT2D eigenvalue weighted by molar-refractivity contribution is 7.44. The minimum Gasteiger partial charge on any atom is -0.369 e. The third kappa shape index (κ3) is 3.18. The van der Waals surface area contributed by atoms with Crippen LogP contribution in [0.2, 0.25) is 0 Å². The number of fused-ring (bicyclic) bond motifs is 1. The Labute approximate surface area is 117 Å². The van der Waals surface area contributed by atoms with E-state index in [1.807, 2.05) is 18.9 Å². The highest BCUT2D eigenvalue weighted by Gasteiger charge is 2.29. The zero-order valence-corrected chi connectivity index (χ0v) is 12.3. The number of H-pyrrole nitrogens is 1. The zero-order chi connectivity index (χ0) is 14.9. The van der Waals surface area contributed by atoms with Crippen LogP contribution in [0.1, 0.15) is 6.92 Å². The Bertz CT molecular complexity index is 536. The highest BCUT2D eigenvalue weighted by Crippen LogP contribution is 2.29. The van der Waals surface area contributed by atoms with Crippen molar-refractivity contribution in [3.63, 3.8) is 0 Å². The van der Waals surface area contributed by atoms with E-state index in [2.05, 4.69) is 15.3 Å². The van der Waals surface area contributed by atoms with E-state index in [-0.39, 0.29) is 23.8 Å². The molecule has 2 rings (SSSR count). The van der Waals surface area contributed by atoms with Crippen LogP contribution in [0.3, 0.4) is 0 Å². The van der Waals surface area contributed by atoms with Crippen molar-refractivity contribution in [2.75, 3.05) is 42.1 Å². The molecule has 10 heteroatoms. The second kappa shape index (κ2) is 5.92. The first kappa shape index (κ1) is 15.0. The zero-order valence-electron chi connectivity index (χ0n) is 11.4. The van der Waals surface area contributed by atoms with Crippen LogP contribution in [-0.4, -0.2) is 52.3 Å². The number of hydrogen-bond acceptors (Lipinski definition) is 8. The van der Waals surface area contributed by atoms with Crippen molar-refractivity contribution < 1.29 is 9.79 Å². The Morgan fingerprint density at radius 1 is 1.60 bits per heavy atom. The minimum atomic E-state index is -1.95. The lowest BCUT2D eigenvalue weighted by atomic mass is 10.3. The summed E-state index contributed by atoms with van der Waals surface area (Å²) in [6.07, 6.45) is 0.151. The molecule has 0 aliphatic carbocycles. The Morgan fingerprint density at radius 3 is 2.95 bits per heavy atom. The van der Waals surface area contributed by atoms with Crippen molar-refractivity contribution in [2.45, 2.75) is 13.0 Å². The topological polar surface area (TPSA) is 131 Å². The molecule has 0 amide bonds. The number of rotatable bonds is 5. The molecule has 1 aromatic heterocycles. The summed E-state index contributed by atoms with van der Waals surface area (Å²) in [6, 6.07) is 0.0148. The lowest BCUT2D eigenvalue weighted by Gasteiger charge is -2.23. The van der Waals surface area contributed by atoms with Gasteiger partial charge >= 0.3 is 0 Å². The highest BCUT2D eigenvalue weighted by atomic mass is 31.2. The van der Waals surface area contributed by atoms with Crippen LogP contribution in [0, 0.1) is 0 Å². The van der Waals surface area contributed by atoms with Crippen molar-refractivity contribution in [3.05, 3.63) is 10.4 Å². The van der Waals surface area contributed by atoms with Gasteiger partial charge in [0.05, 0.1) is 13.0 Å². The Hall–Kier alpha value is -1.41. The molecule has 9 nitrogen and oxygen atoms in total. The largest absolute Gasteiger partial charge is 0.369 e. The summed E-state index contributed by atoms with van der Waals surface area (Å²) in [5, 5.41) is 3.01. The standard InChI is InChI=1S/C10H19N6O3P/c1-6(12-4-20(18)19)3-16-5-15(2)7-8(16)13-10(11)14-9(7)17/h6,12,18-19H,3-5H2,1-2H3,(H3,11,13,14,17). The first-order chi connectivity index (χ1) is 9.38. The predicted octanol–water partition coefficient (Wildman–Crippen LogP) is -1.20. The van der Waals surface area contributed by atoms with Gasteiger partial charge in [-0.2, -0.15) is 4.98 Å². The number of aromatic amines is 1. The average Bonchev–Trinajstić information content (AvgIpc) is 2.63. The summed E-state index contributed by atoms with van der Waals surface area (Å²) < 4.78 is 0. The van der Waals surface area contributed by atoms with Crippen molar-refractivity contribution in [1.82, 2.24) is 15.3 Å². The summed E-state index contributed by atoms with van der Waals surface area (Å²) >= 11 is 0. The van der Waals surface area contributed by atoms with Gasteiger partial charge in [0.2, 0.25) is 5.95 Å². The van der Waals surface area contributed by atoms with Crippen LogP contribution in [0.25, 0.3) is 0 Å². The first-order valence-electron chi connectivity index (χ1n) is 6.13. The number of anilines is 3. The van der Waals surface area contributed by atoms with Crippen LogP contribution in [-0.2, 0) is 0 Å². The fraction of sp³-hybridized carbons (Fsp3) is 0.600. The number of nitrogens with zero attached hydrogens (tertiary/aromatic N) is 3. The molecule has 0 saturated carbocycles. The van der Waals surface area contributed by atoms with Crippen LogP contribution in [0.5, 0.6) is 0 Å². The molecule has 1 aliphatic rings. The van der Waals surface area contributed by atoms with Gasteiger partial charge in [0.15, 0.2) is 14.2 Å². The molecule has 0 spiro atoms. The first-order valence-corrected chi connectivity index (χ1v) is 7.56. The maximum atomic E-state index is 11.9. The molecule has 1 aromatic rings. The van der Waals surface area contributed by atoms with Gasteiger partial charge in [-0.3, -0.25) is 9.78 Å². The van der Waals surface area contributed by atoms with E-state index in [1.165, 1.54) is 0 Å². The smallest absolute Gasteiger partial charge is 0.278 e. The summed E-state index contributed by atoms with van der Waals surface area (Å²) in [7, 11) is -0.143. The Morgan fingerprint density at radius 2 is 2.30 bits per heavy atom. The molecule has 2 heterocycles. The van der Waals surface area contributed by atoms with Gasteiger partial charge < -0.3 is 30.6 Å². The number of hydrogen-bond donors (Lipinski definition) is 5. The summed E-state index contributed by atoms with van der Waals surface area (Å²) in [5.41, 5.74) is 5.82. The van der Waals surface area contributed by atoms with Crippen molar-refractivity contribution in [3.8, 4) is 0 Å². The fourth-order valence-electron chi connectivity index (χ4n) is 2.21. The molecule has 1 unspecified atom stereocenters. The molecule has 112 valence electrons. The van der Waals surface area contributed by atoms with Gasteiger partial charge in [-0.25, -0.2) is 0 Å². The number of aromatic nitrogens is 2. The molecule has 1 aliphatic heterocycles. The van der Waals surface area contributed by atoms with Gasteiger partial charge in [-0.15, -0.1) is 0 Å². The lowest BCUT2D eigenvalue weighted by Crippen LogP contribution is -2.40. The van der Waals surface area contributed by atoms with Crippen LogP contribution in [0.4, 0.5) is 17.5 Å². The monoisotopic (exact) mass is 302 g/mol. The van der Waals surface area contributed by atoms with Crippen molar-refractivity contribution in [1.29, 1.82) is 0 Å². The van der Waals surface area contributed by atoms with Crippen molar-refractivity contribution in [2.24, 2.45) is 0 Å². The van der Waals surface area contributed by atoms with Gasteiger partial charge in [0.25, 0.3) is 5.56 Å². The Balaban J connectivity index is 2.12. The van der Waals surface area contributed by atoms with E-state index in [0.717, 1.165) is 0 Å². The van der Waals surface area contributed by atoms with E-state index in [9.17, 15) is 4.79 Å². The van der Waals surface area contributed by atoms with E-state index in [1.54, 1.807) is 4.90 Å². The van der Waals surface area contributed by atoms with Gasteiger partial charge in [0.1, 0.15) is 5.69 Å². The lowest BCUT2D eigenvalue weighted by molar-refractivity contribution is 0.465. The third-order valence-electron chi connectivity index (χ3n) is 3.03. The maximum Gasteiger partial charge on any atom is 0.278 e. The van der Waals surface area contributed by atoms with E-state index in [0.29, 0.717) is 24.7 Å². The second-order valence-electron chi connectivity index (χ2n) is 4.82. The van der Waals surface area contributed by atoms with Gasteiger partial charge in [-0.05, 0) is 6.92 Å². The molecule has 0 saturated heterocycles. The van der Waals surface area contributed by atoms with E-state index >= 15 is 0 Å². The molecule has 0 bridgehead atoms. The van der Waals surface area contributed by atoms with Crippen LogP contribution >= 0.6 is 8.38 Å². The molecular formula is C10H19N6O3P. The van der Waals surface area contributed by atoms with E-state index < -0.39 is 8.38 Å². The molecule has 0 radical (unpaired) electrons. The summed E-state index contributed by atoms with van der Waals surface area (Å²) in [4.78, 5) is 40.0. The number of nitrogens with one attached hydrogen (secondary N) is 2. The van der Waals surface area contributed by atoms with Gasteiger partial charge in [-0.1, -0.05) is 0 Å². The SMILES string of the molecule is CC(CN1CN(C)c2c1nc(N)[nH]c2=O)NCP(O)O. The minimum absolute atomic E-state index is 0.0148. The quantitative estimate of drug-likeness (QED) is 0.429. The molecular weight excluding hydrogens is 283 g/mol. The molecule has 0 fully saturated rings.